The molecule has 1 N–H and O–H groups in total. The molecule has 0 aliphatic heterocycles. The molecular weight excluding hydrogens is 260 g/mol. The summed E-state index contributed by atoms with van der Waals surface area (Å²) in [6.07, 6.45) is 3.13. The zero-order chi connectivity index (χ0) is 15.3. The normalized spacial score (nSPS) is 10.3. The lowest BCUT2D eigenvalue weighted by molar-refractivity contribution is -0.385. The maximum Gasteiger partial charge on any atom is 0.336 e. The number of nitro benzene ring substituents is 1. The summed E-state index contributed by atoms with van der Waals surface area (Å²) in [6, 6.07) is 2.61. The maximum absolute atomic E-state index is 11.1. The van der Waals surface area contributed by atoms with E-state index in [0.717, 1.165) is 31.9 Å². The molecule has 6 nitrogen and oxygen atoms in total. The van der Waals surface area contributed by atoms with Gasteiger partial charge in [-0.25, -0.2) is 4.79 Å². The van der Waals surface area contributed by atoms with Crippen LogP contribution in [0, 0.1) is 17.0 Å². The second-order valence-electron chi connectivity index (χ2n) is 4.83. The topological polar surface area (TPSA) is 83.7 Å². The highest BCUT2D eigenvalue weighted by molar-refractivity contribution is 5.90. The number of hydrogen-bond donors (Lipinski definition) is 1. The first-order valence-electron chi connectivity index (χ1n) is 6.62. The van der Waals surface area contributed by atoms with E-state index in [0.29, 0.717) is 11.3 Å². The SMILES string of the molecule is CCCCCN(C)c1cc(C(=O)O)cc([N+](=O)[O-])c1C. The molecule has 0 radical (unpaired) electrons. The molecule has 0 fully saturated rings. The predicted molar refractivity (Wildman–Crippen MR) is 77.6 cm³/mol. The largest absolute Gasteiger partial charge is 0.478 e. The summed E-state index contributed by atoms with van der Waals surface area (Å²) in [5, 5.41) is 20.1. The highest BCUT2D eigenvalue weighted by atomic mass is 16.6. The molecule has 0 aliphatic carbocycles. The number of hydrogen-bond acceptors (Lipinski definition) is 4. The van der Waals surface area contributed by atoms with Gasteiger partial charge in [-0.2, -0.15) is 0 Å². The molecule has 110 valence electrons. The molecule has 0 aromatic heterocycles. The van der Waals surface area contributed by atoms with E-state index in [1.54, 1.807) is 6.92 Å². The molecule has 0 aliphatic rings. The van der Waals surface area contributed by atoms with Crippen molar-refractivity contribution in [3.63, 3.8) is 0 Å². The predicted octanol–water partition coefficient (Wildman–Crippen LogP) is 3.23. The number of benzene rings is 1. The average Bonchev–Trinajstić information content (AvgIpc) is 2.38. The fourth-order valence-electron chi connectivity index (χ4n) is 2.11. The van der Waals surface area contributed by atoms with Gasteiger partial charge in [0.25, 0.3) is 5.69 Å². The molecule has 0 amide bonds. The van der Waals surface area contributed by atoms with Gasteiger partial charge in [0, 0.05) is 25.3 Å². The summed E-state index contributed by atoms with van der Waals surface area (Å²) in [6.45, 7) is 4.49. The highest BCUT2D eigenvalue weighted by Crippen LogP contribution is 2.30. The van der Waals surface area contributed by atoms with Crippen molar-refractivity contribution in [2.45, 2.75) is 33.1 Å². The molecule has 1 rings (SSSR count). The van der Waals surface area contributed by atoms with Gasteiger partial charge in [-0.1, -0.05) is 19.8 Å². The van der Waals surface area contributed by atoms with Crippen LogP contribution in [-0.4, -0.2) is 29.6 Å². The minimum Gasteiger partial charge on any atom is -0.478 e. The second-order valence-corrected chi connectivity index (χ2v) is 4.83. The Kier molecular flexibility index (Phi) is 5.49. The molecule has 0 heterocycles. The fraction of sp³-hybridized carbons (Fsp3) is 0.500. The summed E-state index contributed by atoms with van der Waals surface area (Å²) in [5.74, 6) is -1.16. The van der Waals surface area contributed by atoms with Gasteiger partial charge in [0.1, 0.15) is 0 Å². The van der Waals surface area contributed by atoms with Crippen LogP contribution >= 0.6 is 0 Å². The number of nitro groups is 1. The third kappa shape index (κ3) is 3.69. The molecule has 1 aromatic carbocycles. The van der Waals surface area contributed by atoms with Crippen LogP contribution in [0.25, 0.3) is 0 Å². The van der Waals surface area contributed by atoms with Crippen LogP contribution in [0.1, 0.15) is 42.1 Å². The van der Waals surface area contributed by atoms with E-state index < -0.39 is 10.9 Å². The summed E-state index contributed by atoms with van der Waals surface area (Å²) in [5.41, 5.74) is 0.897. The third-order valence-electron chi connectivity index (χ3n) is 3.30. The molecule has 0 saturated carbocycles. The zero-order valence-electron chi connectivity index (χ0n) is 12.0. The van der Waals surface area contributed by atoms with E-state index >= 15 is 0 Å². The van der Waals surface area contributed by atoms with E-state index in [9.17, 15) is 14.9 Å². The fourth-order valence-corrected chi connectivity index (χ4v) is 2.11. The molecule has 0 bridgehead atoms. The minimum absolute atomic E-state index is 0.0559. The van der Waals surface area contributed by atoms with E-state index in [1.807, 2.05) is 11.9 Å². The second kappa shape index (κ2) is 6.88. The molecule has 0 unspecified atom stereocenters. The van der Waals surface area contributed by atoms with Gasteiger partial charge in [-0.3, -0.25) is 10.1 Å². The van der Waals surface area contributed by atoms with E-state index in [-0.39, 0.29) is 11.3 Å². The number of unbranched alkanes of at least 4 members (excludes halogenated alkanes) is 2. The number of aromatic carboxylic acids is 1. The number of carboxylic acids is 1. The van der Waals surface area contributed by atoms with Crippen molar-refractivity contribution in [2.75, 3.05) is 18.5 Å². The van der Waals surface area contributed by atoms with Gasteiger partial charge in [0.15, 0.2) is 0 Å². The van der Waals surface area contributed by atoms with Crippen LogP contribution in [0.3, 0.4) is 0 Å². The van der Waals surface area contributed by atoms with Crippen molar-refractivity contribution < 1.29 is 14.8 Å². The first-order chi connectivity index (χ1) is 9.38. The smallest absolute Gasteiger partial charge is 0.336 e. The standard InChI is InChI=1S/C14H20N2O4/c1-4-5-6-7-15(3)12-8-11(14(17)18)9-13(10(12)2)16(19)20/h8-9H,4-7H2,1-3H3,(H,17,18). The number of carboxylic acid groups (broad SMARTS) is 1. The maximum atomic E-state index is 11.1. The molecule has 0 saturated heterocycles. The Hall–Kier alpha value is -2.11. The van der Waals surface area contributed by atoms with Gasteiger partial charge in [-0.05, 0) is 19.4 Å². The minimum atomic E-state index is -1.16. The van der Waals surface area contributed by atoms with Gasteiger partial charge in [-0.15, -0.1) is 0 Å². The Labute approximate surface area is 118 Å². The lowest BCUT2D eigenvalue weighted by Crippen LogP contribution is -2.20. The number of anilines is 1. The molecule has 1 aromatic rings. The van der Waals surface area contributed by atoms with Crippen LogP contribution in [0.2, 0.25) is 0 Å². The van der Waals surface area contributed by atoms with Gasteiger partial charge >= 0.3 is 5.97 Å². The van der Waals surface area contributed by atoms with Crippen LogP contribution in [0.4, 0.5) is 11.4 Å². The Balaban J connectivity index is 3.16. The Morgan fingerprint density at radius 2 is 2.05 bits per heavy atom. The van der Waals surface area contributed by atoms with E-state index in [1.165, 1.54) is 6.07 Å². The van der Waals surface area contributed by atoms with E-state index in [2.05, 4.69) is 6.92 Å². The number of nitrogens with zero attached hydrogens (tertiary/aromatic N) is 2. The van der Waals surface area contributed by atoms with Crippen molar-refractivity contribution in [3.05, 3.63) is 33.4 Å². The molecule has 0 atom stereocenters. The first-order valence-corrected chi connectivity index (χ1v) is 6.62. The van der Waals surface area contributed by atoms with Crippen molar-refractivity contribution >= 4 is 17.3 Å². The van der Waals surface area contributed by atoms with Crippen LogP contribution < -0.4 is 4.90 Å². The van der Waals surface area contributed by atoms with Gasteiger partial charge < -0.3 is 10.0 Å². The van der Waals surface area contributed by atoms with Crippen molar-refractivity contribution in [1.29, 1.82) is 0 Å². The summed E-state index contributed by atoms with van der Waals surface area (Å²) in [7, 11) is 1.83. The Bertz CT molecular complexity index is 514. The zero-order valence-corrected chi connectivity index (χ0v) is 12.0. The highest BCUT2D eigenvalue weighted by Gasteiger charge is 2.20. The van der Waals surface area contributed by atoms with Gasteiger partial charge in [0.2, 0.25) is 0 Å². The van der Waals surface area contributed by atoms with Crippen molar-refractivity contribution in [2.24, 2.45) is 0 Å². The summed E-state index contributed by atoms with van der Waals surface area (Å²) < 4.78 is 0. The Morgan fingerprint density at radius 1 is 1.40 bits per heavy atom. The molecular formula is C14H20N2O4. The lowest BCUT2D eigenvalue weighted by atomic mass is 10.1. The quantitative estimate of drug-likeness (QED) is 0.471. The summed E-state index contributed by atoms with van der Waals surface area (Å²) in [4.78, 5) is 23.4. The lowest BCUT2D eigenvalue weighted by Gasteiger charge is -2.21. The third-order valence-corrected chi connectivity index (χ3v) is 3.30. The molecule has 0 spiro atoms. The van der Waals surface area contributed by atoms with Crippen LogP contribution in [-0.2, 0) is 0 Å². The molecule has 6 heteroatoms. The van der Waals surface area contributed by atoms with Crippen LogP contribution in [0.5, 0.6) is 0 Å². The monoisotopic (exact) mass is 280 g/mol. The van der Waals surface area contributed by atoms with Crippen LogP contribution in [0.15, 0.2) is 12.1 Å². The van der Waals surface area contributed by atoms with Gasteiger partial charge in [0.05, 0.1) is 16.1 Å². The number of carbonyl (C=O) groups is 1. The average molecular weight is 280 g/mol. The Morgan fingerprint density at radius 3 is 2.55 bits per heavy atom. The van der Waals surface area contributed by atoms with Crippen molar-refractivity contribution in [1.82, 2.24) is 0 Å². The summed E-state index contributed by atoms with van der Waals surface area (Å²) >= 11 is 0. The van der Waals surface area contributed by atoms with E-state index in [4.69, 9.17) is 5.11 Å². The van der Waals surface area contributed by atoms with Crippen molar-refractivity contribution in [3.8, 4) is 0 Å². The number of rotatable bonds is 7. The molecule has 20 heavy (non-hydrogen) atoms. The first kappa shape index (κ1) is 15.9.